The van der Waals surface area contributed by atoms with Gasteiger partial charge in [-0.1, -0.05) is 62.3 Å². The van der Waals surface area contributed by atoms with Crippen molar-refractivity contribution in [1.29, 1.82) is 0 Å². The first-order valence-electron chi connectivity index (χ1n) is 8.13. The van der Waals surface area contributed by atoms with Crippen LogP contribution in [0.25, 0.3) is 0 Å². The molecule has 0 unspecified atom stereocenters. The fourth-order valence-corrected chi connectivity index (χ4v) is 3.83. The lowest BCUT2D eigenvalue weighted by atomic mass is 9.53. The summed E-state index contributed by atoms with van der Waals surface area (Å²) in [7, 11) is 0. The predicted octanol–water partition coefficient (Wildman–Crippen LogP) is 3.34. The van der Waals surface area contributed by atoms with Gasteiger partial charge in [-0.3, -0.25) is 0 Å². The second-order valence-electron chi connectivity index (χ2n) is 6.48. The van der Waals surface area contributed by atoms with Gasteiger partial charge in [0.05, 0.1) is 0 Å². The van der Waals surface area contributed by atoms with Crippen molar-refractivity contribution in [2.45, 2.75) is 64.1 Å². The fraction of sp³-hybridized carbons (Fsp3) is 0.647. The number of hydrogen-bond donors (Lipinski definition) is 1. The first kappa shape index (κ1) is 13.2. The average Bonchev–Trinajstić information content (AvgIpc) is 2.47. The third-order valence-corrected chi connectivity index (χ3v) is 5.06. The molecule has 1 aliphatic heterocycles. The average molecular weight is 256 g/mol. The Morgan fingerprint density at radius 1 is 1.11 bits per heavy atom. The molecule has 1 aromatic rings. The summed E-state index contributed by atoms with van der Waals surface area (Å²) in [6.45, 7) is -0.210. The van der Waals surface area contributed by atoms with Crippen molar-refractivity contribution in [3.8, 4) is 0 Å². The Balaban J connectivity index is 1.63. The van der Waals surface area contributed by atoms with Gasteiger partial charge in [-0.25, -0.2) is 0 Å². The van der Waals surface area contributed by atoms with E-state index >= 15 is 0 Å². The molecule has 102 valence electrons. The van der Waals surface area contributed by atoms with Gasteiger partial charge in [-0.2, -0.15) is 0 Å². The topological polar surface area (TPSA) is 20.2 Å². The van der Waals surface area contributed by atoms with E-state index in [9.17, 15) is 5.02 Å². The smallest absolute Gasteiger partial charge is 0.323 e. The first-order chi connectivity index (χ1) is 9.33. The monoisotopic (exact) mass is 256 g/mol. The molecule has 0 spiro atoms. The summed E-state index contributed by atoms with van der Waals surface area (Å²) >= 11 is 0. The van der Waals surface area contributed by atoms with E-state index in [4.69, 9.17) is 0 Å². The molecule has 2 heteroatoms. The van der Waals surface area contributed by atoms with E-state index in [1.54, 1.807) is 0 Å². The quantitative estimate of drug-likeness (QED) is 0.822. The summed E-state index contributed by atoms with van der Waals surface area (Å²) in [5.41, 5.74) is 4.03. The van der Waals surface area contributed by atoms with Crippen LogP contribution in [0.4, 0.5) is 0 Å². The van der Waals surface area contributed by atoms with E-state index in [-0.39, 0.29) is 6.92 Å². The highest BCUT2D eigenvalue weighted by Gasteiger charge is 2.22. The Bertz CT molecular complexity index is 423. The molecule has 1 saturated carbocycles. The Morgan fingerprint density at radius 3 is 2.79 bits per heavy atom. The third-order valence-electron chi connectivity index (χ3n) is 5.06. The molecule has 1 N–H and O–H groups in total. The summed E-state index contributed by atoms with van der Waals surface area (Å²) < 4.78 is 0. The first-order valence-corrected chi connectivity index (χ1v) is 8.13. The van der Waals surface area contributed by atoms with E-state index in [1.165, 1.54) is 61.5 Å². The van der Waals surface area contributed by atoms with Gasteiger partial charge in [0.15, 0.2) is 0 Å². The number of benzene rings is 1. The molecule has 0 saturated heterocycles. The van der Waals surface area contributed by atoms with Gasteiger partial charge < -0.3 is 5.02 Å². The highest BCUT2D eigenvalue weighted by Crippen LogP contribution is 2.27. The largest absolute Gasteiger partial charge is 0.446 e. The van der Waals surface area contributed by atoms with Crippen LogP contribution in [0.3, 0.4) is 0 Å². The molecule has 19 heavy (non-hydrogen) atoms. The number of fused-ring (bicyclic) bond motifs is 1. The van der Waals surface area contributed by atoms with Crippen molar-refractivity contribution >= 4 is 12.4 Å². The van der Waals surface area contributed by atoms with Crippen molar-refractivity contribution in [3.63, 3.8) is 0 Å². The second kappa shape index (κ2) is 6.13. The molecular formula is C17H25BO. The number of hydrogen-bond acceptors (Lipinski definition) is 1. The molecule has 0 bridgehead atoms. The van der Waals surface area contributed by atoms with Crippen LogP contribution in [0.15, 0.2) is 18.2 Å². The van der Waals surface area contributed by atoms with E-state index in [2.05, 4.69) is 18.2 Å². The molecule has 3 rings (SSSR count). The SMILES string of the molecule is OB1CCCc2ccc(CCC3CCCCC3)cc21. The maximum absolute atomic E-state index is 10.1. The lowest BCUT2D eigenvalue weighted by Gasteiger charge is -2.22. The molecule has 1 aliphatic carbocycles. The highest BCUT2D eigenvalue weighted by atomic mass is 16.2. The Kier molecular flexibility index (Phi) is 4.27. The minimum Gasteiger partial charge on any atom is -0.446 e. The van der Waals surface area contributed by atoms with Crippen LogP contribution in [-0.4, -0.2) is 11.9 Å². The molecule has 1 nitrogen and oxygen atoms in total. The minimum atomic E-state index is -0.210. The van der Waals surface area contributed by atoms with Crippen molar-refractivity contribution in [1.82, 2.24) is 0 Å². The van der Waals surface area contributed by atoms with Crippen LogP contribution in [0.5, 0.6) is 0 Å². The third kappa shape index (κ3) is 3.23. The van der Waals surface area contributed by atoms with Crippen molar-refractivity contribution < 1.29 is 5.02 Å². The van der Waals surface area contributed by atoms with Crippen molar-refractivity contribution in [2.75, 3.05) is 0 Å². The summed E-state index contributed by atoms with van der Waals surface area (Å²) in [4.78, 5) is 0. The van der Waals surface area contributed by atoms with Crippen molar-refractivity contribution in [2.24, 2.45) is 5.92 Å². The zero-order chi connectivity index (χ0) is 13.1. The van der Waals surface area contributed by atoms with Gasteiger partial charge in [0.25, 0.3) is 0 Å². The minimum absolute atomic E-state index is 0.210. The van der Waals surface area contributed by atoms with Gasteiger partial charge in [0.2, 0.25) is 0 Å². The molecule has 0 amide bonds. The van der Waals surface area contributed by atoms with E-state index in [0.29, 0.717) is 0 Å². The molecule has 1 fully saturated rings. The normalized spacial score (nSPS) is 20.4. The van der Waals surface area contributed by atoms with E-state index < -0.39 is 0 Å². The van der Waals surface area contributed by atoms with Crippen molar-refractivity contribution in [3.05, 3.63) is 29.3 Å². The Labute approximate surface area is 117 Å². The van der Waals surface area contributed by atoms with Crippen LogP contribution in [0, 0.1) is 5.92 Å². The molecule has 1 heterocycles. The zero-order valence-electron chi connectivity index (χ0n) is 11.9. The molecule has 0 radical (unpaired) electrons. The Morgan fingerprint density at radius 2 is 1.95 bits per heavy atom. The summed E-state index contributed by atoms with van der Waals surface area (Å²) in [6.07, 6.45) is 13.0. The van der Waals surface area contributed by atoms with Crippen LogP contribution >= 0.6 is 0 Å². The molecule has 0 atom stereocenters. The molecule has 1 aromatic carbocycles. The summed E-state index contributed by atoms with van der Waals surface area (Å²) in [6, 6.07) is 6.83. The van der Waals surface area contributed by atoms with Gasteiger partial charge in [0.1, 0.15) is 0 Å². The molecular weight excluding hydrogens is 231 g/mol. The van der Waals surface area contributed by atoms with Gasteiger partial charge in [-0.05, 0) is 42.5 Å². The second-order valence-corrected chi connectivity index (χ2v) is 6.48. The summed E-state index contributed by atoms with van der Waals surface area (Å²) in [5.74, 6) is 0.953. The van der Waals surface area contributed by atoms with Gasteiger partial charge in [-0.15, -0.1) is 0 Å². The lowest BCUT2D eigenvalue weighted by Crippen LogP contribution is -2.36. The maximum Gasteiger partial charge on any atom is 0.323 e. The Hall–Kier alpha value is -0.755. The van der Waals surface area contributed by atoms with Crippen LogP contribution in [-0.2, 0) is 12.8 Å². The molecule has 2 aliphatic rings. The van der Waals surface area contributed by atoms with Crippen LogP contribution < -0.4 is 5.46 Å². The van der Waals surface area contributed by atoms with Gasteiger partial charge in [0, 0.05) is 0 Å². The number of aryl methyl sites for hydroxylation is 2. The maximum atomic E-state index is 10.1. The van der Waals surface area contributed by atoms with Crippen LogP contribution in [0.1, 0.15) is 56.1 Å². The zero-order valence-corrected chi connectivity index (χ0v) is 11.9. The predicted molar refractivity (Wildman–Crippen MR) is 82.1 cm³/mol. The lowest BCUT2D eigenvalue weighted by molar-refractivity contribution is 0.339. The molecule has 0 aromatic heterocycles. The van der Waals surface area contributed by atoms with E-state index in [1.807, 2.05) is 0 Å². The highest BCUT2D eigenvalue weighted by molar-refractivity contribution is 6.67. The van der Waals surface area contributed by atoms with Gasteiger partial charge >= 0.3 is 6.92 Å². The van der Waals surface area contributed by atoms with E-state index in [0.717, 1.165) is 25.1 Å². The summed E-state index contributed by atoms with van der Waals surface area (Å²) in [5, 5.41) is 10.1. The van der Waals surface area contributed by atoms with Crippen LogP contribution in [0.2, 0.25) is 6.32 Å². The fourth-order valence-electron chi connectivity index (χ4n) is 3.83. The number of rotatable bonds is 3. The standard InChI is InChI=1S/C17H25BO/c19-18-12-4-7-16-11-10-15(13-17(16)18)9-8-14-5-2-1-3-6-14/h10-11,13-14,19H,1-9,12H2.